The molecule has 1 N–H and O–H groups in total. The largest absolute Gasteiger partial charge is 0.386 e. The van der Waals surface area contributed by atoms with Gasteiger partial charge in [-0.15, -0.1) is 0 Å². The summed E-state index contributed by atoms with van der Waals surface area (Å²) >= 11 is 0. The van der Waals surface area contributed by atoms with Gasteiger partial charge in [-0.1, -0.05) is 39.0 Å². The lowest BCUT2D eigenvalue weighted by Crippen LogP contribution is -2.24. The number of allylic oxidation sites excluding steroid dienone is 3. The van der Waals surface area contributed by atoms with E-state index in [9.17, 15) is 5.11 Å². The number of hydrogen-bond acceptors (Lipinski definition) is 1. The van der Waals surface area contributed by atoms with Crippen LogP contribution in [0.15, 0.2) is 23.8 Å². The molecule has 1 aliphatic carbocycles. The van der Waals surface area contributed by atoms with E-state index >= 15 is 0 Å². The van der Waals surface area contributed by atoms with Gasteiger partial charge in [-0.25, -0.2) is 0 Å². The van der Waals surface area contributed by atoms with Crippen LogP contribution in [-0.4, -0.2) is 10.7 Å². The SMILES string of the molecule is CC.CC1C=CC=C1C(C)(C)O. The molecule has 1 nitrogen and oxygen atoms in total. The molecule has 0 aromatic rings. The molecule has 0 fully saturated rings. The first-order chi connectivity index (χ1) is 5.52. The summed E-state index contributed by atoms with van der Waals surface area (Å²) in [4.78, 5) is 0. The van der Waals surface area contributed by atoms with Gasteiger partial charge in [0.05, 0.1) is 5.60 Å². The molecule has 1 unspecified atom stereocenters. The zero-order valence-corrected chi connectivity index (χ0v) is 8.76. The monoisotopic (exact) mass is 168 g/mol. The van der Waals surface area contributed by atoms with Gasteiger partial charge in [0, 0.05) is 0 Å². The van der Waals surface area contributed by atoms with Crippen LogP contribution in [-0.2, 0) is 0 Å². The van der Waals surface area contributed by atoms with Crippen LogP contribution in [0.5, 0.6) is 0 Å². The molecule has 0 amide bonds. The molecule has 0 aromatic heterocycles. The maximum absolute atomic E-state index is 9.58. The van der Waals surface area contributed by atoms with Gasteiger partial charge in [0.25, 0.3) is 0 Å². The fourth-order valence-electron chi connectivity index (χ4n) is 1.34. The van der Waals surface area contributed by atoms with Crippen molar-refractivity contribution in [3.63, 3.8) is 0 Å². The van der Waals surface area contributed by atoms with Crippen LogP contribution in [0.3, 0.4) is 0 Å². The van der Waals surface area contributed by atoms with Gasteiger partial charge < -0.3 is 5.11 Å². The van der Waals surface area contributed by atoms with E-state index in [4.69, 9.17) is 0 Å². The van der Waals surface area contributed by atoms with Gasteiger partial charge in [-0.3, -0.25) is 0 Å². The molecule has 0 heterocycles. The second-order valence-electron chi connectivity index (χ2n) is 3.35. The first-order valence-electron chi connectivity index (χ1n) is 4.63. The Bertz CT molecular complexity index is 182. The van der Waals surface area contributed by atoms with Gasteiger partial charge in [-0.05, 0) is 25.3 Å². The third-order valence-electron chi connectivity index (χ3n) is 1.87. The van der Waals surface area contributed by atoms with E-state index in [-0.39, 0.29) is 0 Å². The molecule has 0 spiro atoms. The second-order valence-corrected chi connectivity index (χ2v) is 3.35. The maximum atomic E-state index is 9.58. The highest BCUT2D eigenvalue weighted by Crippen LogP contribution is 2.28. The van der Waals surface area contributed by atoms with E-state index in [1.165, 1.54) is 0 Å². The van der Waals surface area contributed by atoms with Crippen LogP contribution in [0, 0.1) is 5.92 Å². The van der Waals surface area contributed by atoms with E-state index < -0.39 is 5.60 Å². The fraction of sp³-hybridized carbons (Fsp3) is 0.636. The van der Waals surface area contributed by atoms with Crippen molar-refractivity contribution in [2.75, 3.05) is 0 Å². The van der Waals surface area contributed by atoms with Crippen molar-refractivity contribution < 1.29 is 5.11 Å². The summed E-state index contributed by atoms with van der Waals surface area (Å²) in [5, 5.41) is 9.58. The van der Waals surface area contributed by atoms with Crippen LogP contribution in [0.25, 0.3) is 0 Å². The van der Waals surface area contributed by atoms with Crippen molar-refractivity contribution in [3.05, 3.63) is 23.8 Å². The highest BCUT2D eigenvalue weighted by Gasteiger charge is 2.24. The molecule has 1 aliphatic rings. The molecule has 1 heteroatoms. The molecular weight excluding hydrogens is 148 g/mol. The first-order valence-corrected chi connectivity index (χ1v) is 4.63. The molecule has 0 aromatic carbocycles. The van der Waals surface area contributed by atoms with Crippen molar-refractivity contribution in [2.24, 2.45) is 5.92 Å². The number of aliphatic hydroxyl groups is 1. The fourth-order valence-corrected chi connectivity index (χ4v) is 1.34. The Labute approximate surface area is 75.8 Å². The van der Waals surface area contributed by atoms with Gasteiger partial charge in [0.2, 0.25) is 0 Å². The van der Waals surface area contributed by atoms with E-state index in [0.29, 0.717) is 5.92 Å². The molecular formula is C11H20O. The summed E-state index contributed by atoms with van der Waals surface area (Å²) in [6, 6.07) is 0. The normalized spacial score (nSPS) is 21.5. The summed E-state index contributed by atoms with van der Waals surface area (Å²) in [6.45, 7) is 9.73. The van der Waals surface area contributed by atoms with Crippen molar-refractivity contribution in [1.82, 2.24) is 0 Å². The quantitative estimate of drug-likeness (QED) is 0.638. The third kappa shape index (κ3) is 2.82. The van der Waals surface area contributed by atoms with Crippen LogP contribution < -0.4 is 0 Å². The van der Waals surface area contributed by atoms with Crippen molar-refractivity contribution in [1.29, 1.82) is 0 Å². The minimum absolute atomic E-state index is 0.403. The Morgan fingerprint density at radius 2 is 1.83 bits per heavy atom. The zero-order chi connectivity index (χ0) is 9.78. The number of hydrogen-bond donors (Lipinski definition) is 1. The predicted octanol–water partition coefficient (Wildman–Crippen LogP) is 2.92. The zero-order valence-electron chi connectivity index (χ0n) is 8.76. The topological polar surface area (TPSA) is 20.2 Å². The van der Waals surface area contributed by atoms with Crippen LogP contribution >= 0.6 is 0 Å². The lowest BCUT2D eigenvalue weighted by Gasteiger charge is -2.22. The molecule has 0 radical (unpaired) electrons. The van der Waals surface area contributed by atoms with E-state index in [1.807, 2.05) is 39.8 Å². The summed E-state index contributed by atoms with van der Waals surface area (Å²) in [5.74, 6) is 0.403. The van der Waals surface area contributed by atoms with E-state index in [0.717, 1.165) is 5.57 Å². The lowest BCUT2D eigenvalue weighted by atomic mass is 9.90. The minimum atomic E-state index is -0.650. The molecule has 1 rings (SSSR count). The molecule has 70 valence electrons. The van der Waals surface area contributed by atoms with Crippen LogP contribution in [0.4, 0.5) is 0 Å². The average molecular weight is 168 g/mol. The molecule has 0 aliphatic heterocycles. The summed E-state index contributed by atoms with van der Waals surface area (Å²) in [6.07, 6.45) is 6.08. The van der Waals surface area contributed by atoms with E-state index in [2.05, 4.69) is 13.0 Å². The number of rotatable bonds is 1. The molecule has 1 atom stereocenters. The lowest BCUT2D eigenvalue weighted by molar-refractivity contribution is 0.112. The molecule has 12 heavy (non-hydrogen) atoms. The Hall–Kier alpha value is -0.560. The standard InChI is InChI=1S/C9H14O.C2H6/c1-7-5-4-6-8(7)9(2,3)10;1-2/h4-7,10H,1-3H3;1-2H3. The maximum Gasteiger partial charge on any atom is 0.0809 e. The smallest absolute Gasteiger partial charge is 0.0809 e. The minimum Gasteiger partial charge on any atom is -0.386 e. The molecule has 0 saturated heterocycles. The Morgan fingerprint density at radius 1 is 1.33 bits per heavy atom. The summed E-state index contributed by atoms with van der Waals surface area (Å²) in [5.41, 5.74) is 0.454. The first kappa shape index (κ1) is 11.4. The predicted molar refractivity (Wildman–Crippen MR) is 54.0 cm³/mol. The summed E-state index contributed by atoms with van der Waals surface area (Å²) < 4.78 is 0. The average Bonchev–Trinajstić information content (AvgIpc) is 2.38. The Balaban J connectivity index is 0.000000561. The summed E-state index contributed by atoms with van der Waals surface area (Å²) in [7, 11) is 0. The van der Waals surface area contributed by atoms with Gasteiger partial charge >= 0.3 is 0 Å². The molecule has 0 saturated carbocycles. The Kier molecular flexibility index (Phi) is 4.25. The van der Waals surface area contributed by atoms with Gasteiger partial charge in [0.15, 0.2) is 0 Å². The van der Waals surface area contributed by atoms with Crippen LogP contribution in [0.1, 0.15) is 34.6 Å². The highest BCUT2D eigenvalue weighted by molar-refractivity contribution is 5.31. The highest BCUT2D eigenvalue weighted by atomic mass is 16.3. The Morgan fingerprint density at radius 3 is 2.00 bits per heavy atom. The van der Waals surface area contributed by atoms with Crippen LogP contribution in [0.2, 0.25) is 0 Å². The molecule has 0 bridgehead atoms. The van der Waals surface area contributed by atoms with Crippen molar-refractivity contribution >= 4 is 0 Å². The van der Waals surface area contributed by atoms with Gasteiger partial charge in [0.1, 0.15) is 0 Å². The third-order valence-corrected chi connectivity index (χ3v) is 1.87. The van der Waals surface area contributed by atoms with Crippen molar-refractivity contribution in [3.8, 4) is 0 Å². The second kappa shape index (κ2) is 4.46. The van der Waals surface area contributed by atoms with E-state index in [1.54, 1.807) is 0 Å². The van der Waals surface area contributed by atoms with Crippen molar-refractivity contribution in [2.45, 2.75) is 40.2 Å². The van der Waals surface area contributed by atoms with Gasteiger partial charge in [-0.2, -0.15) is 0 Å².